The summed E-state index contributed by atoms with van der Waals surface area (Å²) < 4.78 is 37.3. The molecule has 2 nitrogen and oxygen atoms in total. The number of carbonyl (C=O) groups is 1. The Morgan fingerprint density at radius 1 is 1.33 bits per heavy atom. The number of rotatable bonds is 2. The predicted octanol–water partition coefficient (Wildman–Crippen LogP) is 3.04. The Labute approximate surface area is 92.6 Å². The molecule has 6 heteroatoms. The highest BCUT2D eigenvalue weighted by Gasteiger charge is 2.33. The van der Waals surface area contributed by atoms with Gasteiger partial charge in [-0.2, -0.15) is 13.2 Å². The fraction of sp³-hybridized carbons (Fsp3) is 0.222. The summed E-state index contributed by atoms with van der Waals surface area (Å²) in [6.07, 6.45) is -4.46. The summed E-state index contributed by atoms with van der Waals surface area (Å²) in [5.74, 6) is -0.522. The monoisotopic (exact) mass is 281 g/mol. The molecule has 0 aliphatic rings. The topological polar surface area (TPSA) is 29.1 Å². The summed E-state index contributed by atoms with van der Waals surface area (Å²) in [4.78, 5) is 10.9. The smallest absolute Gasteiger partial charge is 0.325 e. The first kappa shape index (κ1) is 12.0. The molecule has 0 saturated heterocycles. The number of hydrogen-bond donors (Lipinski definition) is 1. The molecule has 0 saturated carbocycles. The SMILES string of the molecule is O=C(CBr)Nc1ccccc1C(F)(F)F. The number of carbonyl (C=O) groups excluding carboxylic acids is 1. The lowest BCUT2D eigenvalue weighted by Crippen LogP contribution is -2.16. The van der Waals surface area contributed by atoms with Crippen LogP contribution in [0, 0.1) is 0 Å². The maximum Gasteiger partial charge on any atom is 0.418 e. The lowest BCUT2D eigenvalue weighted by Gasteiger charge is -2.12. The predicted molar refractivity (Wildman–Crippen MR) is 53.9 cm³/mol. The van der Waals surface area contributed by atoms with Gasteiger partial charge in [-0.3, -0.25) is 4.79 Å². The van der Waals surface area contributed by atoms with Gasteiger partial charge < -0.3 is 5.32 Å². The van der Waals surface area contributed by atoms with E-state index in [0.717, 1.165) is 6.07 Å². The summed E-state index contributed by atoms with van der Waals surface area (Å²) in [7, 11) is 0. The van der Waals surface area contributed by atoms with Gasteiger partial charge >= 0.3 is 6.18 Å². The van der Waals surface area contributed by atoms with Crippen LogP contribution in [0.1, 0.15) is 5.56 Å². The average Bonchev–Trinajstić information content (AvgIpc) is 2.17. The third-order valence-electron chi connectivity index (χ3n) is 1.63. The molecule has 0 bridgehead atoms. The highest BCUT2D eigenvalue weighted by atomic mass is 79.9. The van der Waals surface area contributed by atoms with Gasteiger partial charge in [0.15, 0.2) is 0 Å². The second-order valence-electron chi connectivity index (χ2n) is 2.73. The van der Waals surface area contributed by atoms with Crippen LogP contribution >= 0.6 is 15.9 Å². The normalized spacial score (nSPS) is 11.2. The zero-order chi connectivity index (χ0) is 11.5. The minimum atomic E-state index is -4.46. The van der Waals surface area contributed by atoms with Crippen molar-refractivity contribution in [2.45, 2.75) is 6.18 Å². The molecule has 1 rings (SSSR count). The number of anilines is 1. The summed E-state index contributed by atoms with van der Waals surface area (Å²) in [5, 5.41) is 2.12. The quantitative estimate of drug-likeness (QED) is 0.830. The molecule has 0 spiro atoms. The fourth-order valence-electron chi connectivity index (χ4n) is 1.02. The van der Waals surface area contributed by atoms with Gasteiger partial charge in [-0.1, -0.05) is 28.1 Å². The lowest BCUT2D eigenvalue weighted by molar-refractivity contribution is -0.137. The van der Waals surface area contributed by atoms with Crippen molar-refractivity contribution in [1.82, 2.24) is 0 Å². The maximum atomic E-state index is 12.4. The molecule has 0 aliphatic carbocycles. The van der Waals surface area contributed by atoms with E-state index in [0.29, 0.717) is 0 Å². The molecule has 0 unspecified atom stereocenters. The van der Waals surface area contributed by atoms with E-state index in [2.05, 4.69) is 21.2 Å². The number of nitrogens with one attached hydrogen (secondary N) is 1. The summed E-state index contributed by atoms with van der Waals surface area (Å²) in [5.41, 5.74) is -1.08. The number of para-hydroxylation sites is 1. The highest BCUT2D eigenvalue weighted by molar-refractivity contribution is 9.09. The number of benzene rings is 1. The van der Waals surface area contributed by atoms with E-state index < -0.39 is 17.6 Å². The van der Waals surface area contributed by atoms with Crippen molar-refractivity contribution in [3.8, 4) is 0 Å². The van der Waals surface area contributed by atoms with Gasteiger partial charge in [-0.05, 0) is 12.1 Å². The van der Waals surface area contributed by atoms with Crippen LogP contribution in [0.15, 0.2) is 24.3 Å². The van der Waals surface area contributed by atoms with Crippen LogP contribution in [0.4, 0.5) is 18.9 Å². The molecular weight excluding hydrogens is 275 g/mol. The van der Waals surface area contributed by atoms with Crippen molar-refractivity contribution >= 4 is 27.5 Å². The summed E-state index contributed by atoms with van der Waals surface area (Å²) in [6.45, 7) is 0. The van der Waals surface area contributed by atoms with Crippen molar-refractivity contribution in [3.63, 3.8) is 0 Å². The molecule has 82 valence electrons. The second-order valence-corrected chi connectivity index (χ2v) is 3.29. The minimum absolute atomic E-state index is 0.0425. The van der Waals surface area contributed by atoms with Crippen LogP contribution in [0.5, 0.6) is 0 Å². The molecule has 15 heavy (non-hydrogen) atoms. The lowest BCUT2D eigenvalue weighted by atomic mass is 10.1. The Morgan fingerprint density at radius 2 is 1.93 bits per heavy atom. The molecule has 1 amide bonds. The van der Waals surface area contributed by atoms with Crippen molar-refractivity contribution in [3.05, 3.63) is 29.8 Å². The molecule has 0 heterocycles. The molecule has 1 N–H and O–H groups in total. The first-order valence-electron chi connectivity index (χ1n) is 3.97. The largest absolute Gasteiger partial charge is 0.418 e. The van der Waals surface area contributed by atoms with E-state index in [-0.39, 0.29) is 11.0 Å². The Balaban J connectivity index is 3.02. The molecule has 0 radical (unpaired) electrons. The van der Waals surface area contributed by atoms with E-state index in [1.165, 1.54) is 18.2 Å². The van der Waals surface area contributed by atoms with Gasteiger partial charge in [-0.15, -0.1) is 0 Å². The molecule has 1 aromatic carbocycles. The van der Waals surface area contributed by atoms with Gasteiger partial charge in [0, 0.05) is 0 Å². The first-order chi connectivity index (χ1) is 6.95. The number of amides is 1. The van der Waals surface area contributed by atoms with Gasteiger partial charge in [0.1, 0.15) is 0 Å². The maximum absolute atomic E-state index is 12.4. The summed E-state index contributed by atoms with van der Waals surface area (Å²) >= 11 is 2.85. The number of alkyl halides is 4. The molecule has 0 aliphatic heterocycles. The van der Waals surface area contributed by atoms with E-state index in [1.807, 2.05) is 0 Å². The van der Waals surface area contributed by atoms with Crippen LogP contribution in [0.25, 0.3) is 0 Å². The van der Waals surface area contributed by atoms with Crippen LogP contribution in [0.2, 0.25) is 0 Å². The highest BCUT2D eigenvalue weighted by Crippen LogP contribution is 2.34. The Morgan fingerprint density at radius 3 is 2.47 bits per heavy atom. The second kappa shape index (κ2) is 4.65. The van der Waals surface area contributed by atoms with Crippen LogP contribution in [0.3, 0.4) is 0 Å². The Kier molecular flexibility index (Phi) is 3.73. The molecule has 0 atom stereocenters. The zero-order valence-corrected chi connectivity index (χ0v) is 9.02. The zero-order valence-electron chi connectivity index (χ0n) is 7.44. The van der Waals surface area contributed by atoms with E-state index >= 15 is 0 Å². The minimum Gasteiger partial charge on any atom is -0.325 e. The standard InChI is InChI=1S/C9H7BrF3NO/c10-5-8(15)14-7-4-2-1-3-6(7)9(11,12)13/h1-4H,5H2,(H,14,15). The van der Waals surface area contributed by atoms with Crippen molar-refractivity contribution in [2.24, 2.45) is 0 Å². The van der Waals surface area contributed by atoms with E-state index in [9.17, 15) is 18.0 Å². The number of halogens is 4. The van der Waals surface area contributed by atoms with E-state index in [4.69, 9.17) is 0 Å². The molecular formula is C9H7BrF3NO. The first-order valence-corrected chi connectivity index (χ1v) is 5.09. The van der Waals surface area contributed by atoms with Gasteiger partial charge in [0.05, 0.1) is 16.6 Å². The Hall–Kier alpha value is -1.04. The third-order valence-corrected chi connectivity index (χ3v) is 2.14. The van der Waals surface area contributed by atoms with Crippen molar-refractivity contribution < 1.29 is 18.0 Å². The van der Waals surface area contributed by atoms with Crippen molar-refractivity contribution in [1.29, 1.82) is 0 Å². The van der Waals surface area contributed by atoms with Crippen LogP contribution in [-0.2, 0) is 11.0 Å². The van der Waals surface area contributed by atoms with Gasteiger partial charge in [-0.25, -0.2) is 0 Å². The Bertz CT molecular complexity index is 365. The molecule has 0 aromatic heterocycles. The van der Waals surface area contributed by atoms with Gasteiger partial charge in [0.25, 0.3) is 0 Å². The molecule has 1 aromatic rings. The number of hydrogen-bond acceptors (Lipinski definition) is 1. The van der Waals surface area contributed by atoms with Crippen molar-refractivity contribution in [2.75, 3.05) is 10.6 Å². The molecule has 0 fully saturated rings. The van der Waals surface area contributed by atoms with Crippen LogP contribution < -0.4 is 5.32 Å². The summed E-state index contributed by atoms with van der Waals surface area (Å²) in [6, 6.07) is 4.83. The van der Waals surface area contributed by atoms with Crippen LogP contribution in [-0.4, -0.2) is 11.2 Å². The van der Waals surface area contributed by atoms with Gasteiger partial charge in [0.2, 0.25) is 5.91 Å². The van der Waals surface area contributed by atoms with E-state index in [1.54, 1.807) is 0 Å². The fourth-order valence-corrected chi connectivity index (χ4v) is 1.16. The average molecular weight is 282 g/mol. The third kappa shape index (κ3) is 3.23.